The molecular formula is C15H17N3OS. The van der Waals surface area contributed by atoms with Gasteiger partial charge in [-0.05, 0) is 12.8 Å². The van der Waals surface area contributed by atoms with E-state index in [2.05, 4.69) is 15.5 Å². The predicted molar refractivity (Wildman–Crippen MR) is 79.1 cm³/mol. The average molecular weight is 287 g/mol. The number of benzene rings is 1. The first-order valence-electron chi connectivity index (χ1n) is 6.98. The molecule has 20 heavy (non-hydrogen) atoms. The second-order valence-corrected chi connectivity index (χ2v) is 6.13. The molecule has 0 unspecified atom stereocenters. The number of rotatable bonds is 4. The zero-order valence-corrected chi connectivity index (χ0v) is 12.0. The first-order valence-corrected chi connectivity index (χ1v) is 7.80. The summed E-state index contributed by atoms with van der Waals surface area (Å²) >= 11 is 1.53. The molecule has 1 fully saturated rings. The fourth-order valence-electron chi connectivity index (χ4n) is 2.52. The van der Waals surface area contributed by atoms with Gasteiger partial charge in [0, 0.05) is 11.5 Å². The van der Waals surface area contributed by atoms with Crippen molar-refractivity contribution in [2.75, 3.05) is 0 Å². The zero-order valence-electron chi connectivity index (χ0n) is 11.2. The van der Waals surface area contributed by atoms with E-state index in [0.717, 1.165) is 28.4 Å². The summed E-state index contributed by atoms with van der Waals surface area (Å²) in [6.45, 7) is 0.486. The maximum absolute atomic E-state index is 11.9. The zero-order chi connectivity index (χ0) is 13.8. The summed E-state index contributed by atoms with van der Waals surface area (Å²) < 4.78 is 0. The third-order valence-corrected chi connectivity index (χ3v) is 4.60. The SMILES string of the molecule is O=C(NCc1nnc(-c2ccccc2)s1)C1CCCC1. The molecule has 1 N–H and O–H groups in total. The Bertz CT molecular complexity index is 576. The second kappa shape index (κ2) is 6.13. The van der Waals surface area contributed by atoms with Gasteiger partial charge < -0.3 is 5.32 Å². The Morgan fingerprint density at radius 2 is 1.95 bits per heavy atom. The molecule has 0 aliphatic heterocycles. The van der Waals surface area contributed by atoms with Gasteiger partial charge in [0.1, 0.15) is 10.0 Å². The Kier molecular flexibility index (Phi) is 4.06. The van der Waals surface area contributed by atoms with Crippen LogP contribution < -0.4 is 5.32 Å². The molecule has 0 radical (unpaired) electrons. The molecule has 0 bridgehead atoms. The highest BCUT2D eigenvalue weighted by Gasteiger charge is 2.22. The normalized spacial score (nSPS) is 15.4. The van der Waals surface area contributed by atoms with Crippen molar-refractivity contribution in [1.29, 1.82) is 0 Å². The fourth-order valence-corrected chi connectivity index (χ4v) is 3.30. The summed E-state index contributed by atoms with van der Waals surface area (Å²) in [4.78, 5) is 11.9. The number of nitrogens with one attached hydrogen (secondary N) is 1. The molecule has 1 aromatic heterocycles. The highest BCUT2D eigenvalue weighted by molar-refractivity contribution is 7.14. The summed E-state index contributed by atoms with van der Waals surface area (Å²) in [5, 5.41) is 13.1. The highest BCUT2D eigenvalue weighted by atomic mass is 32.1. The number of carbonyl (C=O) groups excluding carboxylic acids is 1. The molecule has 1 saturated carbocycles. The van der Waals surface area contributed by atoms with Gasteiger partial charge >= 0.3 is 0 Å². The minimum Gasteiger partial charge on any atom is -0.349 e. The molecule has 1 heterocycles. The van der Waals surface area contributed by atoms with Crippen molar-refractivity contribution in [2.45, 2.75) is 32.2 Å². The van der Waals surface area contributed by atoms with Crippen LogP contribution in [-0.4, -0.2) is 16.1 Å². The lowest BCUT2D eigenvalue weighted by molar-refractivity contribution is -0.124. The van der Waals surface area contributed by atoms with E-state index >= 15 is 0 Å². The van der Waals surface area contributed by atoms with Gasteiger partial charge in [0.05, 0.1) is 6.54 Å². The number of nitrogens with zero attached hydrogens (tertiary/aromatic N) is 2. The number of amides is 1. The van der Waals surface area contributed by atoms with Crippen molar-refractivity contribution in [1.82, 2.24) is 15.5 Å². The lowest BCUT2D eigenvalue weighted by Crippen LogP contribution is -2.28. The van der Waals surface area contributed by atoms with Crippen LogP contribution in [-0.2, 0) is 11.3 Å². The van der Waals surface area contributed by atoms with E-state index in [4.69, 9.17) is 0 Å². The number of aromatic nitrogens is 2. The molecule has 0 saturated heterocycles. The van der Waals surface area contributed by atoms with Gasteiger partial charge in [-0.1, -0.05) is 54.5 Å². The monoisotopic (exact) mass is 287 g/mol. The minimum absolute atomic E-state index is 0.166. The van der Waals surface area contributed by atoms with Crippen LogP contribution in [0.1, 0.15) is 30.7 Å². The van der Waals surface area contributed by atoms with E-state index in [0.29, 0.717) is 6.54 Å². The van der Waals surface area contributed by atoms with Gasteiger partial charge in [-0.15, -0.1) is 10.2 Å². The second-order valence-electron chi connectivity index (χ2n) is 5.07. The molecule has 104 valence electrons. The third kappa shape index (κ3) is 3.04. The summed E-state index contributed by atoms with van der Waals surface area (Å²) in [7, 11) is 0. The van der Waals surface area contributed by atoms with Crippen molar-refractivity contribution in [3.05, 3.63) is 35.3 Å². The molecule has 0 atom stereocenters. The Labute approximate surface area is 122 Å². The Hall–Kier alpha value is -1.75. The molecule has 1 aliphatic rings. The van der Waals surface area contributed by atoms with Gasteiger partial charge in [-0.3, -0.25) is 4.79 Å². The molecule has 4 nitrogen and oxygen atoms in total. The molecule has 5 heteroatoms. The largest absolute Gasteiger partial charge is 0.349 e. The first-order chi connectivity index (χ1) is 9.83. The van der Waals surface area contributed by atoms with Crippen LogP contribution >= 0.6 is 11.3 Å². The van der Waals surface area contributed by atoms with Gasteiger partial charge in [0.15, 0.2) is 0 Å². The summed E-state index contributed by atoms with van der Waals surface area (Å²) in [5.74, 6) is 0.371. The maximum atomic E-state index is 11.9. The molecular weight excluding hydrogens is 270 g/mol. The molecule has 2 aromatic rings. The highest BCUT2D eigenvalue weighted by Crippen LogP contribution is 2.25. The van der Waals surface area contributed by atoms with Crippen molar-refractivity contribution < 1.29 is 4.79 Å². The van der Waals surface area contributed by atoms with Crippen LogP contribution in [0.25, 0.3) is 10.6 Å². The fraction of sp³-hybridized carbons (Fsp3) is 0.400. The Morgan fingerprint density at radius 1 is 1.20 bits per heavy atom. The van der Waals surface area contributed by atoms with Crippen molar-refractivity contribution in [3.8, 4) is 10.6 Å². The summed E-state index contributed by atoms with van der Waals surface area (Å²) in [5.41, 5.74) is 1.07. The Balaban J connectivity index is 1.59. The summed E-state index contributed by atoms with van der Waals surface area (Å²) in [6, 6.07) is 9.98. The van der Waals surface area contributed by atoms with E-state index in [1.807, 2.05) is 30.3 Å². The van der Waals surface area contributed by atoms with Crippen molar-refractivity contribution in [2.24, 2.45) is 5.92 Å². The van der Waals surface area contributed by atoms with E-state index in [1.165, 1.54) is 24.2 Å². The number of hydrogen-bond donors (Lipinski definition) is 1. The molecule has 1 amide bonds. The smallest absolute Gasteiger partial charge is 0.223 e. The molecule has 0 spiro atoms. The lowest BCUT2D eigenvalue weighted by Gasteiger charge is -2.08. The van der Waals surface area contributed by atoms with E-state index in [1.54, 1.807) is 0 Å². The topological polar surface area (TPSA) is 54.9 Å². The van der Waals surface area contributed by atoms with E-state index in [9.17, 15) is 4.79 Å². The van der Waals surface area contributed by atoms with Crippen molar-refractivity contribution in [3.63, 3.8) is 0 Å². The minimum atomic E-state index is 0.166. The number of hydrogen-bond acceptors (Lipinski definition) is 4. The standard InChI is InChI=1S/C15H17N3OS/c19-14(11-6-4-5-7-11)16-10-13-17-18-15(20-13)12-8-2-1-3-9-12/h1-3,8-9,11H,4-7,10H2,(H,16,19). The van der Waals surface area contributed by atoms with Crippen LogP contribution in [0.4, 0.5) is 0 Å². The lowest BCUT2D eigenvalue weighted by atomic mass is 10.1. The van der Waals surface area contributed by atoms with Crippen LogP contribution in [0.15, 0.2) is 30.3 Å². The van der Waals surface area contributed by atoms with Crippen LogP contribution in [0.5, 0.6) is 0 Å². The van der Waals surface area contributed by atoms with Crippen LogP contribution in [0.2, 0.25) is 0 Å². The van der Waals surface area contributed by atoms with E-state index < -0.39 is 0 Å². The molecule has 1 aromatic carbocycles. The number of carbonyl (C=O) groups is 1. The predicted octanol–water partition coefficient (Wildman–Crippen LogP) is 3.01. The van der Waals surface area contributed by atoms with Gasteiger partial charge in [-0.25, -0.2) is 0 Å². The quantitative estimate of drug-likeness (QED) is 0.940. The van der Waals surface area contributed by atoms with Gasteiger partial charge in [0.2, 0.25) is 5.91 Å². The van der Waals surface area contributed by atoms with E-state index in [-0.39, 0.29) is 11.8 Å². The Morgan fingerprint density at radius 3 is 2.70 bits per heavy atom. The van der Waals surface area contributed by atoms with Crippen LogP contribution in [0.3, 0.4) is 0 Å². The summed E-state index contributed by atoms with van der Waals surface area (Å²) in [6.07, 6.45) is 4.40. The van der Waals surface area contributed by atoms with Crippen molar-refractivity contribution >= 4 is 17.2 Å². The van der Waals surface area contributed by atoms with Crippen LogP contribution in [0, 0.1) is 5.92 Å². The van der Waals surface area contributed by atoms with Gasteiger partial charge in [0.25, 0.3) is 0 Å². The average Bonchev–Trinajstić information content (AvgIpc) is 3.17. The molecule has 1 aliphatic carbocycles. The third-order valence-electron chi connectivity index (χ3n) is 3.63. The van der Waals surface area contributed by atoms with Gasteiger partial charge in [-0.2, -0.15) is 0 Å². The maximum Gasteiger partial charge on any atom is 0.223 e. The first kappa shape index (κ1) is 13.2. The molecule has 3 rings (SSSR count).